The zero-order chi connectivity index (χ0) is 23.2. The molecule has 0 aliphatic heterocycles. The maximum Gasteiger partial charge on any atom is 0.321 e. The number of amides is 3. The first-order chi connectivity index (χ1) is 16.1. The molecule has 0 saturated heterocycles. The number of imide groups is 1. The normalized spacial score (nSPS) is 19.0. The minimum Gasteiger partial charge on any atom is -0.341 e. The molecule has 172 valence electrons. The smallest absolute Gasteiger partial charge is 0.321 e. The van der Waals surface area contributed by atoms with Gasteiger partial charge in [0.1, 0.15) is 5.25 Å². The van der Waals surface area contributed by atoms with Crippen molar-refractivity contribution in [2.45, 2.75) is 49.1 Å². The molecule has 2 N–H and O–H groups in total. The van der Waals surface area contributed by atoms with Gasteiger partial charge in [-0.15, -0.1) is 10.2 Å². The summed E-state index contributed by atoms with van der Waals surface area (Å²) in [5.41, 5.74) is 1.68. The summed E-state index contributed by atoms with van der Waals surface area (Å²) in [6, 6.07) is 13.0. The Bertz CT molecular complexity index is 1090. The molecule has 4 rings (SSSR count). The van der Waals surface area contributed by atoms with Crippen molar-refractivity contribution in [2.24, 2.45) is 5.92 Å². The molecule has 1 aliphatic carbocycles. The molecule has 3 atom stereocenters. The topological polar surface area (TPSA) is 102 Å². The maximum absolute atomic E-state index is 13.1. The molecular formula is C24H28N6O2S. The summed E-state index contributed by atoms with van der Waals surface area (Å²) >= 11 is 1.32. The van der Waals surface area contributed by atoms with E-state index < -0.39 is 17.2 Å². The van der Waals surface area contributed by atoms with Gasteiger partial charge in [0, 0.05) is 31.0 Å². The number of carbonyl (C=O) groups is 2. The van der Waals surface area contributed by atoms with Crippen molar-refractivity contribution in [3.63, 3.8) is 0 Å². The molecule has 0 bridgehead atoms. The Kier molecular flexibility index (Phi) is 7.39. The van der Waals surface area contributed by atoms with Crippen LogP contribution in [-0.2, 0) is 4.79 Å². The summed E-state index contributed by atoms with van der Waals surface area (Å²) in [4.78, 5) is 29.2. The van der Waals surface area contributed by atoms with E-state index in [1.54, 1.807) is 12.4 Å². The van der Waals surface area contributed by atoms with E-state index in [-0.39, 0.29) is 6.04 Å². The maximum atomic E-state index is 13.1. The molecule has 9 heteroatoms. The fourth-order valence-electron chi connectivity index (χ4n) is 4.27. The average molecular weight is 465 g/mol. The van der Waals surface area contributed by atoms with Gasteiger partial charge in [0.2, 0.25) is 5.91 Å². The van der Waals surface area contributed by atoms with Crippen LogP contribution in [0.5, 0.6) is 0 Å². The minimum atomic E-state index is -0.660. The molecule has 3 amide bonds. The molecule has 0 unspecified atom stereocenters. The Labute approximate surface area is 197 Å². The fraction of sp³-hybridized carbons (Fsp3) is 0.375. The molecule has 2 heterocycles. The van der Waals surface area contributed by atoms with Crippen LogP contribution in [0, 0.1) is 5.92 Å². The number of hydrogen-bond acceptors (Lipinski definition) is 6. The molecule has 1 aromatic carbocycles. The average Bonchev–Trinajstić information content (AvgIpc) is 3.27. The highest BCUT2D eigenvalue weighted by molar-refractivity contribution is 8.00. The van der Waals surface area contributed by atoms with E-state index in [1.165, 1.54) is 25.2 Å². The fourth-order valence-corrected chi connectivity index (χ4v) is 5.37. The second-order valence-electron chi connectivity index (χ2n) is 8.22. The third-order valence-electron chi connectivity index (χ3n) is 6.01. The lowest BCUT2D eigenvalue weighted by molar-refractivity contribution is -0.119. The van der Waals surface area contributed by atoms with Crippen molar-refractivity contribution >= 4 is 23.7 Å². The molecule has 1 aliphatic rings. The number of carbonyl (C=O) groups excluding carboxylic acids is 2. The van der Waals surface area contributed by atoms with Crippen molar-refractivity contribution in [2.75, 3.05) is 7.05 Å². The number of rotatable bonds is 6. The zero-order valence-corrected chi connectivity index (χ0v) is 19.6. The summed E-state index contributed by atoms with van der Waals surface area (Å²) in [5.74, 6) is 0.807. The van der Waals surface area contributed by atoms with Gasteiger partial charge in [-0.05, 0) is 36.5 Å². The second kappa shape index (κ2) is 10.6. The van der Waals surface area contributed by atoms with Crippen LogP contribution in [0.1, 0.15) is 49.5 Å². The Balaban J connectivity index is 1.75. The van der Waals surface area contributed by atoms with Crippen LogP contribution in [0.15, 0.2) is 60.0 Å². The Morgan fingerprint density at radius 2 is 1.88 bits per heavy atom. The SMILES string of the molecule is CNC(=O)NC(=O)[C@H](Sc1nnc(-c2cccnc2)n1[C@H]1CCCC[C@H]1C)c1ccccc1. The number of thioether (sulfide) groups is 1. The lowest BCUT2D eigenvalue weighted by atomic mass is 9.85. The zero-order valence-electron chi connectivity index (χ0n) is 18.8. The van der Waals surface area contributed by atoms with Crippen LogP contribution in [-0.4, -0.2) is 38.7 Å². The number of nitrogens with zero attached hydrogens (tertiary/aromatic N) is 4. The molecule has 0 radical (unpaired) electrons. The van der Waals surface area contributed by atoms with E-state index >= 15 is 0 Å². The first-order valence-corrected chi connectivity index (χ1v) is 12.1. The van der Waals surface area contributed by atoms with Gasteiger partial charge in [-0.2, -0.15) is 0 Å². The number of pyridine rings is 1. The molecule has 2 aromatic heterocycles. The van der Waals surface area contributed by atoms with Crippen LogP contribution >= 0.6 is 11.8 Å². The van der Waals surface area contributed by atoms with Crippen LogP contribution in [0.3, 0.4) is 0 Å². The highest BCUT2D eigenvalue weighted by Crippen LogP contribution is 2.42. The van der Waals surface area contributed by atoms with Gasteiger partial charge in [0.05, 0.1) is 0 Å². The summed E-state index contributed by atoms with van der Waals surface area (Å²) in [6.07, 6.45) is 8.04. The van der Waals surface area contributed by atoms with Gasteiger partial charge in [-0.1, -0.05) is 61.9 Å². The van der Waals surface area contributed by atoms with Crippen LogP contribution in [0.25, 0.3) is 11.4 Å². The van der Waals surface area contributed by atoms with Gasteiger partial charge in [-0.25, -0.2) is 4.79 Å². The second-order valence-corrected chi connectivity index (χ2v) is 9.30. The van der Waals surface area contributed by atoms with E-state index in [0.717, 1.165) is 36.2 Å². The first-order valence-electron chi connectivity index (χ1n) is 11.2. The highest BCUT2D eigenvalue weighted by atomic mass is 32.2. The summed E-state index contributed by atoms with van der Waals surface area (Å²) in [7, 11) is 1.48. The first kappa shape index (κ1) is 23.0. The Morgan fingerprint density at radius 3 is 2.58 bits per heavy atom. The third kappa shape index (κ3) is 5.24. The molecule has 33 heavy (non-hydrogen) atoms. The number of benzene rings is 1. The molecule has 1 fully saturated rings. The Hall–Kier alpha value is -3.20. The van der Waals surface area contributed by atoms with E-state index in [0.29, 0.717) is 11.1 Å². The van der Waals surface area contributed by atoms with E-state index in [9.17, 15) is 9.59 Å². The van der Waals surface area contributed by atoms with Gasteiger partial charge >= 0.3 is 6.03 Å². The predicted octanol–water partition coefficient (Wildman–Crippen LogP) is 4.38. The highest BCUT2D eigenvalue weighted by Gasteiger charge is 2.32. The monoisotopic (exact) mass is 464 g/mol. The molecule has 1 saturated carbocycles. The van der Waals surface area contributed by atoms with Gasteiger partial charge < -0.3 is 5.32 Å². The van der Waals surface area contributed by atoms with Crippen molar-refractivity contribution in [1.29, 1.82) is 0 Å². The van der Waals surface area contributed by atoms with E-state index in [2.05, 4.69) is 37.3 Å². The van der Waals surface area contributed by atoms with E-state index in [4.69, 9.17) is 0 Å². The summed E-state index contributed by atoms with van der Waals surface area (Å²) in [5, 5.41) is 13.9. The van der Waals surface area contributed by atoms with E-state index in [1.807, 2.05) is 42.5 Å². The largest absolute Gasteiger partial charge is 0.341 e. The third-order valence-corrected chi connectivity index (χ3v) is 7.22. The summed E-state index contributed by atoms with van der Waals surface area (Å²) < 4.78 is 2.18. The number of hydrogen-bond donors (Lipinski definition) is 2. The standard InChI is InChI=1S/C24H28N6O2S/c1-16-9-6-7-13-19(16)30-21(18-12-8-14-26-15-18)28-29-24(30)33-20(17-10-4-3-5-11-17)22(31)27-23(32)25-2/h3-5,8,10-12,14-16,19-20H,6-7,9,13H2,1-2H3,(H2,25,27,31,32)/t16-,19+,20-/m1/s1. The van der Waals surface area contributed by atoms with Crippen LogP contribution in [0.4, 0.5) is 4.79 Å². The molecule has 3 aromatic rings. The molecular weight excluding hydrogens is 436 g/mol. The molecule has 8 nitrogen and oxygen atoms in total. The number of aromatic nitrogens is 4. The Morgan fingerprint density at radius 1 is 1.09 bits per heavy atom. The quantitative estimate of drug-likeness (QED) is 0.525. The van der Waals surface area contributed by atoms with Crippen molar-refractivity contribution in [1.82, 2.24) is 30.4 Å². The van der Waals surface area contributed by atoms with Gasteiger partial charge in [0.15, 0.2) is 11.0 Å². The number of nitrogens with one attached hydrogen (secondary N) is 2. The van der Waals surface area contributed by atoms with Crippen molar-refractivity contribution < 1.29 is 9.59 Å². The van der Waals surface area contributed by atoms with Crippen LogP contribution in [0.2, 0.25) is 0 Å². The molecule has 0 spiro atoms. The summed E-state index contributed by atoms with van der Waals surface area (Å²) in [6.45, 7) is 2.26. The van der Waals surface area contributed by atoms with Crippen molar-refractivity contribution in [3.05, 3.63) is 60.4 Å². The predicted molar refractivity (Wildman–Crippen MR) is 128 cm³/mol. The lowest BCUT2D eigenvalue weighted by Gasteiger charge is -2.32. The van der Waals surface area contributed by atoms with Crippen molar-refractivity contribution in [3.8, 4) is 11.4 Å². The number of urea groups is 1. The minimum absolute atomic E-state index is 0.227. The van der Waals surface area contributed by atoms with Gasteiger partial charge in [0.25, 0.3) is 0 Å². The van der Waals surface area contributed by atoms with Gasteiger partial charge in [-0.3, -0.25) is 19.7 Å². The lowest BCUT2D eigenvalue weighted by Crippen LogP contribution is -2.39. The van der Waals surface area contributed by atoms with Crippen LogP contribution < -0.4 is 10.6 Å².